The lowest BCUT2D eigenvalue weighted by molar-refractivity contribution is 0.0690. The number of nitrogens with zero attached hydrogens (tertiary/aromatic N) is 2. The van der Waals surface area contributed by atoms with Crippen molar-refractivity contribution in [1.82, 2.24) is 9.55 Å². The van der Waals surface area contributed by atoms with Crippen LogP contribution in [0.2, 0.25) is 0 Å². The average Bonchev–Trinajstić information content (AvgIpc) is 2.86. The van der Waals surface area contributed by atoms with Crippen LogP contribution in [0.3, 0.4) is 0 Å². The smallest absolute Gasteiger partial charge is 0.354 e. The molecule has 2 N–H and O–H groups in total. The highest BCUT2D eigenvalue weighted by atomic mass is 16.4. The Labute approximate surface area is 121 Å². The van der Waals surface area contributed by atoms with E-state index in [1.807, 2.05) is 16.8 Å². The first-order chi connectivity index (χ1) is 10.1. The standard InChI is InChI=1S/C15H15N3O3/c19-14(13-5-2-8-18(13)11-3-1-4-11)17-10-6-7-16-12(9-10)15(20)21/h2,5-9,11H,1,3-4H2,(H,20,21)(H,16,17,19). The quantitative estimate of drug-likeness (QED) is 0.904. The van der Waals surface area contributed by atoms with Crippen LogP contribution in [0.5, 0.6) is 0 Å². The van der Waals surface area contributed by atoms with E-state index in [0.717, 1.165) is 12.8 Å². The van der Waals surface area contributed by atoms with Crippen molar-refractivity contribution in [3.8, 4) is 0 Å². The van der Waals surface area contributed by atoms with Crippen molar-refractivity contribution >= 4 is 17.6 Å². The SMILES string of the molecule is O=C(O)c1cc(NC(=O)c2cccn2C2CCC2)ccn1. The minimum absolute atomic E-state index is 0.0952. The van der Waals surface area contributed by atoms with Gasteiger partial charge in [0.25, 0.3) is 5.91 Å². The highest BCUT2D eigenvalue weighted by Gasteiger charge is 2.23. The van der Waals surface area contributed by atoms with Crippen molar-refractivity contribution in [2.75, 3.05) is 5.32 Å². The lowest BCUT2D eigenvalue weighted by Crippen LogP contribution is -2.23. The molecule has 0 aliphatic heterocycles. The predicted molar refractivity (Wildman–Crippen MR) is 76.5 cm³/mol. The largest absolute Gasteiger partial charge is 0.477 e. The van der Waals surface area contributed by atoms with Gasteiger partial charge in [0.2, 0.25) is 0 Å². The van der Waals surface area contributed by atoms with Gasteiger partial charge in [-0.25, -0.2) is 9.78 Å². The van der Waals surface area contributed by atoms with Gasteiger partial charge in [-0.1, -0.05) is 0 Å². The van der Waals surface area contributed by atoms with E-state index in [9.17, 15) is 9.59 Å². The molecule has 0 saturated heterocycles. The number of carbonyl (C=O) groups is 2. The number of aromatic nitrogens is 2. The molecule has 1 amide bonds. The number of nitrogens with one attached hydrogen (secondary N) is 1. The summed E-state index contributed by atoms with van der Waals surface area (Å²) in [7, 11) is 0. The molecule has 2 heterocycles. The minimum atomic E-state index is -1.12. The summed E-state index contributed by atoms with van der Waals surface area (Å²) >= 11 is 0. The number of amides is 1. The molecule has 6 nitrogen and oxygen atoms in total. The number of hydrogen-bond acceptors (Lipinski definition) is 3. The molecule has 1 fully saturated rings. The zero-order valence-corrected chi connectivity index (χ0v) is 11.3. The van der Waals surface area contributed by atoms with E-state index in [0.29, 0.717) is 17.4 Å². The van der Waals surface area contributed by atoms with E-state index >= 15 is 0 Å². The van der Waals surface area contributed by atoms with Crippen LogP contribution in [-0.2, 0) is 0 Å². The van der Waals surface area contributed by atoms with Gasteiger partial charge in [0.05, 0.1) is 0 Å². The zero-order chi connectivity index (χ0) is 14.8. The Bertz CT molecular complexity index is 689. The van der Waals surface area contributed by atoms with Gasteiger partial charge in [-0.05, 0) is 43.5 Å². The number of carboxylic acid groups (broad SMARTS) is 1. The first-order valence-electron chi connectivity index (χ1n) is 6.82. The van der Waals surface area contributed by atoms with Crippen LogP contribution in [0, 0.1) is 0 Å². The summed E-state index contributed by atoms with van der Waals surface area (Å²) < 4.78 is 1.98. The van der Waals surface area contributed by atoms with Crippen molar-refractivity contribution in [2.45, 2.75) is 25.3 Å². The third kappa shape index (κ3) is 2.65. The van der Waals surface area contributed by atoms with Gasteiger partial charge < -0.3 is 15.0 Å². The zero-order valence-electron chi connectivity index (χ0n) is 11.3. The second-order valence-corrected chi connectivity index (χ2v) is 5.07. The molecule has 6 heteroatoms. The normalized spacial score (nSPS) is 14.5. The molecule has 1 saturated carbocycles. The third-order valence-corrected chi connectivity index (χ3v) is 3.72. The maximum atomic E-state index is 12.3. The Hall–Kier alpha value is -2.63. The topological polar surface area (TPSA) is 84.2 Å². The molecular weight excluding hydrogens is 270 g/mol. The molecule has 0 unspecified atom stereocenters. The fourth-order valence-corrected chi connectivity index (χ4v) is 2.39. The van der Waals surface area contributed by atoms with Gasteiger partial charge >= 0.3 is 5.97 Å². The van der Waals surface area contributed by atoms with Gasteiger partial charge in [-0.15, -0.1) is 0 Å². The molecule has 108 valence electrons. The highest BCUT2D eigenvalue weighted by molar-refractivity contribution is 6.03. The van der Waals surface area contributed by atoms with Crippen LogP contribution < -0.4 is 5.32 Å². The Morgan fingerprint density at radius 3 is 2.81 bits per heavy atom. The van der Waals surface area contributed by atoms with Gasteiger partial charge in [-0.3, -0.25) is 4.79 Å². The molecule has 2 aromatic heterocycles. The Balaban J connectivity index is 1.79. The second-order valence-electron chi connectivity index (χ2n) is 5.07. The summed E-state index contributed by atoms with van der Waals surface area (Å²) in [5, 5.41) is 11.6. The Morgan fingerprint density at radius 1 is 1.33 bits per heavy atom. The number of hydrogen-bond donors (Lipinski definition) is 2. The van der Waals surface area contributed by atoms with Gasteiger partial charge in [0, 0.05) is 24.1 Å². The molecule has 21 heavy (non-hydrogen) atoms. The van der Waals surface area contributed by atoms with Crippen molar-refractivity contribution < 1.29 is 14.7 Å². The maximum absolute atomic E-state index is 12.3. The number of aromatic carboxylic acids is 1. The molecule has 0 bridgehead atoms. The molecule has 2 aromatic rings. The summed E-state index contributed by atoms with van der Waals surface area (Å²) in [5.74, 6) is -1.36. The van der Waals surface area contributed by atoms with Crippen LogP contribution in [0.4, 0.5) is 5.69 Å². The van der Waals surface area contributed by atoms with Crippen molar-refractivity contribution in [3.63, 3.8) is 0 Å². The molecule has 3 rings (SSSR count). The van der Waals surface area contributed by atoms with Crippen LogP contribution in [-0.4, -0.2) is 26.5 Å². The van der Waals surface area contributed by atoms with E-state index in [4.69, 9.17) is 5.11 Å². The number of rotatable bonds is 4. The van der Waals surface area contributed by atoms with E-state index in [2.05, 4.69) is 10.3 Å². The van der Waals surface area contributed by atoms with Gasteiger partial charge in [0.15, 0.2) is 0 Å². The molecule has 0 aromatic carbocycles. The summed E-state index contributed by atoms with van der Waals surface area (Å²) in [6.07, 6.45) is 6.65. The number of carboxylic acids is 1. The molecule has 0 radical (unpaired) electrons. The third-order valence-electron chi connectivity index (χ3n) is 3.72. The van der Waals surface area contributed by atoms with Gasteiger partial charge in [-0.2, -0.15) is 0 Å². The average molecular weight is 285 g/mol. The number of pyridine rings is 1. The number of carbonyl (C=O) groups excluding carboxylic acids is 1. The fraction of sp³-hybridized carbons (Fsp3) is 0.267. The lowest BCUT2D eigenvalue weighted by atomic mass is 9.93. The molecule has 0 spiro atoms. The van der Waals surface area contributed by atoms with Crippen molar-refractivity contribution in [3.05, 3.63) is 48.0 Å². The Kier molecular flexibility index (Phi) is 3.43. The molecule has 0 atom stereocenters. The van der Waals surface area contributed by atoms with Crippen molar-refractivity contribution in [1.29, 1.82) is 0 Å². The maximum Gasteiger partial charge on any atom is 0.354 e. The van der Waals surface area contributed by atoms with Crippen molar-refractivity contribution in [2.24, 2.45) is 0 Å². The monoisotopic (exact) mass is 285 g/mol. The Morgan fingerprint density at radius 2 is 2.14 bits per heavy atom. The minimum Gasteiger partial charge on any atom is -0.477 e. The fourth-order valence-electron chi connectivity index (χ4n) is 2.39. The van der Waals surface area contributed by atoms with Crippen LogP contribution in [0.1, 0.15) is 46.3 Å². The summed E-state index contributed by atoms with van der Waals surface area (Å²) in [6.45, 7) is 0. The van der Waals surface area contributed by atoms with E-state index in [1.165, 1.54) is 18.7 Å². The summed E-state index contributed by atoms with van der Waals surface area (Å²) in [4.78, 5) is 26.9. The molecular formula is C15H15N3O3. The first-order valence-corrected chi connectivity index (χ1v) is 6.82. The predicted octanol–water partition coefficient (Wildman–Crippen LogP) is 2.56. The van der Waals surface area contributed by atoms with E-state index < -0.39 is 5.97 Å². The van der Waals surface area contributed by atoms with Crippen LogP contribution in [0.15, 0.2) is 36.7 Å². The van der Waals surface area contributed by atoms with Crippen LogP contribution in [0.25, 0.3) is 0 Å². The first kappa shape index (κ1) is 13.4. The lowest BCUT2D eigenvalue weighted by Gasteiger charge is -2.28. The van der Waals surface area contributed by atoms with Gasteiger partial charge in [0.1, 0.15) is 11.4 Å². The van der Waals surface area contributed by atoms with Crippen LogP contribution >= 0.6 is 0 Å². The molecule has 1 aliphatic rings. The molecule has 1 aliphatic carbocycles. The van der Waals surface area contributed by atoms with E-state index in [-0.39, 0.29) is 11.6 Å². The van der Waals surface area contributed by atoms with E-state index in [1.54, 1.807) is 12.1 Å². The summed E-state index contributed by atoms with van der Waals surface area (Å²) in [5.41, 5.74) is 0.921. The second kappa shape index (κ2) is 5.40. The highest BCUT2D eigenvalue weighted by Crippen LogP contribution is 2.32. The summed E-state index contributed by atoms with van der Waals surface area (Å²) in [6, 6.07) is 6.93. The number of anilines is 1.